The first kappa shape index (κ1) is 20.0. The van der Waals surface area contributed by atoms with Crippen LogP contribution >= 0.6 is 0 Å². The number of hydrogen-bond acceptors (Lipinski definition) is 3. The Kier molecular flexibility index (Phi) is 11.0. The Morgan fingerprint density at radius 1 is 1.24 bits per heavy atom. The van der Waals surface area contributed by atoms with E-state index in [-0.39, 0.29) is 63.5 Å². The second kappa shape index (κ2) is 11.5. The number of hydrogen-bond donors (Lipinski definition) is 1. The van der Waals surface area contributed by atoms with E-state index >= 15 is 0 Å². The summed E-state index contributed by atoms with van der Waals surface area (Å²) in [6.45, 7) is 1.57. The molecule has 1 aliphatic heterocycles. The molecule has 1 amide bonds. The molecule has 116 valence electrons. The fourth-order valence-corrected chi connectivity index (χ4v) is 3.23. The molecular weight excluding hydrogens is 295 g/mol. The molecule has 1 saturated heterocycles. The second-order valence-corrected chi connectivity index (χ2v) is 5.96. The summed E-state index contributed by atoms with van der Waals surface area (Å²) in [6.07, 6.45) is 8.42. The predicted octanol–water partition coefficient (Wildman–Crippen LogP) is -0.235. The van der Waals surface area contributed by atoms with Crippen LogP contribution < -0.4 is 56.7 Å². The van der Waals surface area contributed by atoms with Crippen LogP contribution in [0.4, 0.5) is 0 Å². The fourth-order valence-electron chi connectivity index (χ4n) is 3.23. The van der Waals surface area contributed by atoms with E-state index in [1.54, 1.807) is 7.11 Å². The average molecular weight is 322 g/mol. The van der Waals surface area contributed by atoms with Gasteiger partial charge in [0.2, 0.25) is 5.91 Å². The van der Waals surface area contributed by atoms with Gasteiger partial charge in [-0.3, -0.25) is 4.79 Å². The minimum Gasteiger partial charge on any atom is -0.514 e. The van der Waals surface area contributed by atoms with Crippen molar-refractivity contribution in [2.24, 2.45) is 11.8 Å². The quantitative estimate of drug-likeness (QED) is 0.542. The van der Waals surface area contributed by atoms with Gasteiger partial charge in [-0.2, -0.15) is 0 Å². The first-order valence-corrected chi connectivity index (χ1v) is 7.90. The fraction of sp³-hybridized carbons (Fsp3) is 0.933. The van der Waals surface area contributed by atoms with Gasteiger partial charge in [0.1, 0.15) is 0 Å². The Labute approximate surface area is 170 Å². The molecule has 1 aliphatic carbocycles. The minimum atomic E-state index is -0.173. The second-order valence-electron chi connectivity index (χ2n) is 5.96. The Morgan fingerprint density at radius 3 is 2.52 bits per heavy atom. The van der Waals surface area contributed by atoms with Crippen LogP contribution in [-0.4, -0.2) is 32.4 Å². The van der Waals surface area contributed by atoms with Crippen molar-refractivity contribution < 1.29 is 65.8 Å². The third kappa shape index (κ3) is 7.39. The van der Waals surface area contributed by atoms with Crippen LogP contribution in [0, 0.1) is 11.8 Å². The van der Waals surface area contributed by atoms with Crippen molar-refractivity contribution in [3.8, 4) is 0 Å². The summed E-state index contributed by atoms with van der Waals surface area (Å²) in [6, 6.07) is 0. The van der Waals surface area contributed by atoms with Gasteiger partial charge in [0.25, 0.3) is 0 Å². The number of nitrogens with one attached hydrogen (secondary N) is 1. The molecule has 21 heavy (non-hydrogen) atoms. The summed E-state index contributed by atoms with van der Waals surface area (Å²) >= 11 is 0. The number of carbonyl (C=O) groups excluding carboxylic acids is 1. The van der Waals surface area contributed by atoms with E-state index in [0.717, 1.165) is 38.9 Å². The maximum atomic E-state index is 12.2. The van der Waals surface area contributed by atoms with E-state index in [9.17, 15) is 4.79 Å². The molecule has 2 aliphatic rings. The number of nitrogens with zero attached hydrogens (tertiary/aromatic N) is 1. The zero-order chi connectivity index (χ0) is 14.2. The maximum absolute atomic E-state index is 12.2. The predicted molar refractivity (Wildman–Crippen MR) is 77.0 cm³/mol. The molecule has 1 saturated carbocycles. The van der Waals surface area contributed by atoms with Crippen molar-refractivity contribution in [1.29, 1.82) is 0 Å². The van der Waals surface area contributed by atoms with Crippen molar-refractivity contribution in [2.75, 3.05) is 20.3 Å². The Bertz CT molecular complexity index is 293. The van der Waals surface area contributed by atoms with E-state index in [0.29, 0.717) is 18.3 Å². The Hall–Kier alpha value is 0.986. The molecule has 0 aromatic carbocycles. The number of carbonyl (C=O) groups is 1. The topological polar surface area (TPSA) is 61.7 Å². The minimum absolute atomic E-state index is 0. The van der Waals surface area contributed by atoms with Crippen LogP contribution in [0.25, 0.3) is 5.48 Å². The van der Waals surface area contributed by atoms with Crippen molar-refractivity contribution in [3.05, 3.63) is 5.48 Å². The van der Waals surface area contributed by atoms with Crippen molar-refractivity contribution in [3.63, 3.8) is 0 Å². The third-order valence-corrected chi connectivity index (χ3v) is 4.44. The summed E-state index contributed by atoms with van der Waals surface area (Å²) in [5.41, 5.74) is 4.12. The Balaban J connectivity index is 0.00000220. The molecule has 0 spiro atoms. The Morgan fingerprint density at radius 2 is 1.90 bits per heavy atom. The molecule has 0 aromatic rings. The zero-order valence-corrected chi connectivity index (χ0v) is 16.6. The van der Waals surface area contributed by atoms with E-state index in [1.807, 2.05) is 0 Å². The largest absolute Gasteiger partial charge is 1.00 e. The van der Waals surface area contributed by atoms with E-state index in [4.69, 9.17) is 9.57 Å². The third-order valence-electron chi connectivity index (χ3n) is 4.44. The molecule has 6 heteroatoms. The van der Waals surface area contributed by atoms with Crippen molar-refractivity contribution in [1.82, 2.24) is 5.32 Å². The van der Waals surface area contributed by atoms with Crippen molar-refractivity contribution in [2.45, 2.75) is 57.5 Å². The average Bonchev–Trinajstić information content (AvgIpc) is 2.49. The van der Waals surface area contributed by atoms with Gasteiger partial charge in [-0.25, -0.2) is 0 Å². The normalized spacial score (nSPS) is 22.3. The summed E-state index contributed by atoms with van der Waals surface area (Å²) in [5, 5.41) is 3.06. The van der Waals surface area contributed by atoms with Crippen LogP contribution in [0.1, 0.15) is 51.4 Å². The van der Waals surface area contributed by atoms with Crippen LogP contribution in [0.15, 0.2) is 0 Å². The summed E-state index contributed by atoms with van der Waals surface area (Å²) in [5.74, 6) is 0.994. The van der Waals surface area contributed by atoms with Gasteiger partial charge < -0.3 is 20.4 Å². The standard InChI is InChI=1S/C15H27N2O3.K/c1-19-17-15(13-5-3-2-4-6-13)16-14(18)11-12-7-9-20-10-8-12;/h12-13,15H,2-11H2,1H3,(H,16,18);/q-1;+1. The van der Waals surface area contributed by atoms with E-state index in [1.165, 1.54) is 19.3 Å². The monoisotopic (exact) mass is 322 g/mol. The summed E-state index contributed by atoms with van der Waals surface area (Å²) < 4.78 is 5.33. The first-order valence-electron chi connectivity index (χ1n) is 7.90. The molecule has 2 rings (SSSR count). The first-order chi connectivity index (χ1) is 9.79. The molecule has 2 fully saturated rings. The number of rotatable bonds is 6. The van der Waals surface area contributed by atoms with E-state index < -0.39 is 0 Å². The summed E-state index contributed by atoms with van der Waals surface area (Å²) in [7, 11) is 1.56. The summed E-state index contributed by atoms with van der Waals surface area (Å²) in [4.78, 5) is 17.1. The van der Waals surface area contributed by atoms with Crippen LogP contribution in [-0.2, 0) is 14.4 Å². The van der Waals surface area contributed by atoms with Crippen molar-refractivity contribution >= 4 is 5.91 Å². The van der Waals surface area contributed by atoms with Gasteiger partial charge in [0, 0.05) is 26.7 Å². The SMILES string of the molecule is CO[N-]C(NC(=O)CC1CCOCC1)C1CCCCC1.[K+]. The van der Waals surface area contributed by atoms with Gasteiger partial charge in [-0.15, -0.1) is 0 Å². The number of hydroxylamine groups is 1. The molecule has 1 unspecified atom stereocenters. The molecule has 0 bridgehead atoms. The molecule has 0 radical (unpaired) electrons. The van der Waals surface area contributed by atoms with Crippen LogP contribution in [0.3, 0.4) is 0 Å². The van der Waals surface area contributed by atoms with Gasteiger partial charge in [-0.05, 0) is 30.8 Å². The van der Waals surface area contributed by atoms with Gasteiger partial charge >= 0.3 is 51.4 Å². The number of ether oxygens (including phenoxy) is 1. The van der Waals surface area contributed by atoms with Gasteiger partial charge in [0.15, 0.2) is 0 Å². The molecular formula is C15H27KN2O3. The maximum Gasteiger partial charge on any atom is 1.00 e. The van der Waals surface area contributed by atoms with Crippen LogP contribution in [0.5, 0.6) is 0 Å². The number of amides is 1. The molecule has 1 atom stereocenters. The molecule has 1 heterocycles. The van der Waals surface area contributed by atoms with E-state index in [2.05, 4.69) is 10.8 Å². The smallest absolute Gasteiger partial charge is 0.514 e. The zero-order valence-electron chi connectivity index (χ0n) is 13.5. The molecule has 5 nitrogen and oxygen atoms in total. The van der Waals surface area contributed by atoms with Gasteiger partial charge in [0.05, 0.1) is 0 Å². The van der Waals surface area contributed by atoms with Gasteiger partial charge in [-0.1, -0.05) is 32.1 Å². The molecule has 1 N–H and O–H groups in total. The molecule has 0 aromatic heterocycles. The van der Waals surface area contributed by atoms with Crippen LogP contribution in [0.2, 0.25) is 0 Å².